The fourth-order valence-corrected chi connectivity index (χ4v) is 3.87. The summed E-state index contributed by atoms with van der Waals surface area (Å²) in [6.45, 7) is 1.50. The molecule has 1 aliphatic carbocycles. The summed E-state index contributed by atoms with van der Waals surface area (Å²) in [5, 5.41) is 48.3. The Balaban J connectivity index is 2.07. The molecular formula is C18H30O8. The number of carbonyl (C=O) groups is 1. The van der Waals surface area contributed by atoms with Crippen molar-refractivity contribution in [2.45, 2.75) is 75.8 Å². The Kier molecular flexibility index (Phi) is 8.00. The smallest absolute Gasteiger partial charge is 0.303 e. The van der Waals surface area contributed by atoms with E-state index in [0.717, 1.165) is 6.42 Å². The highest BCUT2D eigenvalue weighted by molar-refractivity contribution is 5.67. The number of aliphatic hydroxyl groups is 4. The fourth-order valence-electron chi connectivity index (χ4n) is 3.87. The van der Waals surface area contributed by atoms with Crippen molar-refractivity contribution >= 4 is 5.97 Å². The van der Waals surface area contributed by atoms with Crippen LogP contribution in [-0.4, -0.2) is 74.9 Å². The van der Waals surface area contributed by atoms with Crippen LogP contribution in [0, 0.1) is 11.8 Å². The van der Waals surface area contributed by atoms with Gasteiger partial charge in [-0.15, -0.1) is 0 Å². The normalized spacial score (nSPS) is 41.0. The lowest BCUT2D eigenvalue weighted by atomic mass is 9.88. The van der Waals surface area contributed by atoms with E-state index in [1.54, 1.807) is 0 Å². The van der Waals surface area contributed by atoms with Gasteiger partial charge >= 0.3 is 5.97 Å². The van der Waals surface area contributed by atoms with Gasteiger partial charge in [0.05, 0.1) is 12.7 Å². The van der Waals surface area contributed by atoms with E-state index >= 15 is 0 Å². The third kappa shape index (κ3) is 5.03. The van der Waals surface area contributed by atoms with Gasteiger partial charge in [0.2, 0.25) is 0 Å². The summed E-state index contributed by atoms with van der Waals surface area (Å²) in [6, 6.07) is 0. The number of rotatable bonds is 8. The van der Waals surface area contributed by atoms with Gasteiger partial charge < -0.3 is 35.0 Å². The molecule has 8 heteroatoms. The molecule has 1 aliphatic heterocycles. The van der Waals surface area contributed by atoms with E-state index < -0.39 is 43.3 Å². The molecule has 0 bridgehead atoms. The maximum Gasteiger partial charge on any atom is 0.303 e. The molecule has 8 nitrogen and oxygen atoms in total. The zero-order valence-electron chi connectivity index (χ0n) is 15.0. The molecule has 5 N–H and O–H groups in total. The number of carboxylic acid groups (broad SMARTS) is 1. The van der Waals surface area contributed by atoms with Crippen LogP contribution in [0.5, 0.6) is 0 Å². The minimum absolute atomic E-state index is 0.0381. The summed E-state index contributed by atoms with van der Waals surface area (Å²) < 4.78 is 11.3. The lowest BCUT2D eigenvalue weighted by Gasteiger charge is -2.41. The Hall–Kier alpha value is -1.03. The van der Waals surface area contributed by atoms with Gasteiger partial charge in [0, 0.05) is 6.42 Å². The van der Waals surface area contributed by atoms with Crippen molar-refractivity contribution in [3.8, 4) is 0 Å². The molecule has 0 aromatic carbocycles. The van der Waals surface area contributed by atoms with Crippen molar-refractivity contribution in [3.05, 3.63) is 12.2 Å². The second-order valence-electron chi connectivity index (χ2n) is 7.09. The molecule has 2 aliphatic rings. The summed E-state index contributed by atoms with van der Waals surface area (Å²) in [5.74, 6) is -0.932. The maximum absolute atomic E-state index is 11.1. The summed E-state index contributed by atoms with van der Waals surface area (Å²) in [5.41, 5.74) is 0. The van der Waals surface area contributed by atoms with Crippen LogP contribution >= 0.6 is 0 Å². The van der Waals surface area contributed by atoms with E-state index in [0.29, 0.717) is 19.3 Å². The molecule has 2 rings (SSSR count). The second kappa shape index (κ2) is 9.77. The summed E-state index contributed by atoms with van der Waals surface area (Å²) in [6.07, 6.45) is 0.0423. The van der Waals surface area contributed by atoms with Crippen molar-refractivity contribution in [2.24, 2.45) is 11.8 Å². The van der Waals surface area contributed by atoms with Gasteiger partial charge in [-0.1, -0.05) is 19.1 Å². The van der Waals surface area contributed by atoms with Crippen LogP contribution in [0.4, 0.5) is 0 Å². The summed E-state index contributed by atoms with van der Waals surface area (Å²) >= 11 is 0. The average Bonchev–Trinajstić information content (AvgIpc) is 2.96. The predicted octanol–water partition coefficient (Wildman–Crippen LogP) is 0.0287. The Morgan fingerprint density at radius 3 is 2.50 bits per heavy atom. The minimum atomic E-state index is -1.49. The number of allylic oxidation sites excluding steroid dienone is 2. The van der Waals surface area contributed by atoms with Gasteiger partial charge in [-0.05, 0) is 37.5 Å². The molecule has 26 heavy (non-hydrogen) atoms. The van der Waals surface area contributed by atoms with Crippen molar-refractivity contribution in [1.82, 2.24) is 0 Å². The molecule has 0 aromatic heterocycles. The SMILES string of the molecule is CC/C=C\CC1C(CC(=O)O)CCC1O[C@@H]1O[C@H](CO)[C@@H](O)[C@H](O)[C@H]1O. The fraction of sp³-hybridized carbons (Fsp3) is 0.833. The quantitative estimate of drug-likeness (QED) is 0.375. The molecule has 8 atom stereocenters. The van der Waals surface area contributed by atoms with Crippen molar-refractivity contribution in [2.75, 3.05) is 6.61 Å². The molecule has 2 fully saturated rings. The highest BCUT2D eigenvalue weighted by atomic mass is 16.7. The monoisotopic (exact) mass is 374 g/mol. The average molecular weight is 374 g/mol. The Morgan fingerprint density at radius 2 is 1.88 bits per heavy atom. The standard InChI is InChI=1S/C18H30O8/c1-2-3-4-5-11-10(8-14(20)21)6-7-12(11)25-18-17(24)16(23)15(22)13(9-19)26-18/h3-4,10-13,15-19,22-24H,2,5-9H2,1H3,(H,20,21)/b4-3-/t10?,11?,12?,13-,15-,16+,17-,18-/m1/s1. The minimum Gasteiger partial charge on any atom is -0.481 e. The lowest BCUT2D eigenvalue weighted by Crippen LogP contribution is -2.59. The van der Waals surface area contributed by atoms with E-state index in [-0.39, 0.29) is 24.4 Å². The molecular weight excluding hydrogens is 344 g/mol. The first kappa shape index (κ1) is 21.3. The number of aliphatic hydroxyl groups excluding tert-OH is 4. The van der Waals surface area contributed by atoms with Crippen LogP contribution in [0.25, 0.3) is 0 Å². The van der Waals surface area contributed by atoms with E-state index in [1.165, 1.54) is 0 Å². The molecule has 1 heterocycles. The summed E-state index contributed by atoms with van der Waals surface area (Å²) in [4.78, 5) is 11.1. The van der Waals surface area contributed by atoms with Gasteiger partial charge in [-0.3, -0.25) is 4.79 Å². The van der Waals surface area contributed by atoms with Gasteiger partial charge in [-0.2, -0.15) is 0 Å². The molecule has 0 spiro atoms. The maximum atomic E-state index is 11.1. The number of carboxylic acids is 1. The molecule has 150 valence electrons. The zero-order chi connectivity index (χ0) is 19.3. The largest absolute Gasteiger partial charge is 0.481 e. The highest BCUT2D eigenvalue weighted by Crippen LogP contribution is 2.40. The highest BCUT2D eigenvalue weighted by Gasteiger charge is 2.47. The van der Waals surface area contributed by atoms with Gasteiger partial charge in [0.25, 0.3) is 0 Å². The summed E-state index contributed by atoms with van der Waals surface area (Å²) in [7, 11) is 0. The van der Waals surface area contributed by atoms with E-state index in [4.69, 9.17) is 14.6 Å². The van der Waals surface area contributed by atoms with E-state index in [1.807, 2.05) is 19.1 Å². The van der Waals surface area contributed by atoms with Crippen LogP contribution in [0.2, 0.25) is 0 Å². The topological polar surface area (TPSA) is 137 Å². The van der Waals surface area contributed by atoms with Gasteiger partial charge in [0.15, 0.2) is 6.29 Å². The van der Waals surface area contributed by atoms with Crippen molar-refractivity contribution in [1.29, 1.82) is 0 Å². The number of aliphatic carboxylic acids is 1. The van der Waals surface area contributed by atoms with E-state index in [2.05, 4.69) is 0 Å². The van der Waals surface area contributed by atoms with Crippen molar-refractivity contribution < 1.29 is 39.8 Å². The Labute approximate surface area is 153 Å². The van der Waals surface area contributed by atoms with Crippen LogP contribution in [0.15, 0.2) is 12.2 Å². The van der Waals surface area contributed by atoms with Crippen LogP contribution < -0.4 is 0 Å². The molecule has 0 amide bonds. The van der Waals surface area contributed by atoms with Crippen LogP contribution in [0.1, 0.15) is 39.0 Å². The van der Waals surface area contributed by atoms with E-state index in [9.17, 15) is 25.2 Å². The number of ether oxygens (including phenoxy) is 2. The first-order chi connectivity index (χ1) is 12.4. The Bertz CT molecular complexity index is 480. The third-order valence-corrected chi connectivity index (χ3v) is 5.31. The molecule has 0 radical (unpaired) electrons. The Morgan fingerprint density at radius 1 is 1.15 bits per heavy atom. The third-order valence-electron chi connectivity index (χ3n) is 5.31. The van der Waals surface area contributed by atoms with Crippen LogP contribution in [0.3, 0.4) is 0 Å². The molecule has 1 saturated carbocycles. The number of hydrogen-bond donors (Lipinski definition) is 5. The second-order valence-corrected chi connectivity index (χ2v) is 7.09. The van der Waals surface area contributed by atoms with Crippen molar-refractivity contribution in [3.63, 3.8) is 0 Å². The predicted molar refractivity (Wildman–Crippen MR) is 91.2 cm³/mol. The van der Waals surface area contributed by atoms with Gasteiger partial charge in [-0.25, -0.2) is 0 Å². The lowest BCUT2D eigenvalue weighted by molar-refractivity contribution is -0.313. The first-order valence-electron chi connectivity index (χ1n) is 9.21. The van der Waals surface area contributed by atoms with Crippen LogP contribution in [-0.2, 0) is 14.3 Å². The molecule has 3 unspecified atom stereocenters. The zero-order valence-corrected chi connectivity index (χ0v) is 15.0. The number of hydrogen-bond acceptors (Lipinski definition) is 7. The van der Waals surface area contributed by atoms with Gasteiger partial charge in [0.1, 0.15) is 24.4 Å². The molecule has 0 aromatic rings. The molecule has 1 saturated heterocycles. The first-order valence-corrected chi connectivity index (χ1v) is 9.21.